The molecule has 5 N–H and O–H groups in total. The molecule has 0 aliphatic rings. The molecule has 0 unspecified atom stereocenters. The lowest BCUT2D eigenvalue weighted by Crippen LogP contribution is -2.36. The summed E-state index contributed by atoms with van der Waals surface area (Å²) in [5, 5.41) is 36.2. The number of halogens is 1. The molecule has 1 atom stereocenters. The molecule has 3 rings (SSSR count). The SMILES string of the molecule is CC(=O)ON(C(=O)Nc1cccc(COCCOC(=O)CCCCCNC[C@@H](O)c2ccc(O)c(CO)c2)c1)c1cccc(Cl)c1. The van der Waals surface area contributed by atoms with Crippen LogP contribution >= 0.6 is 11.6 Å². The third-order valence-corrected chi connectivity index (χ3v) is 6.85. The van der Waals surface area contributed by atoms with Gasteiger partial charge in [0, 0.05) is 36.2 Å². The van der Waals surface area contributed by atoms with E-state index < -0.39 is 18.1 Å². The summed E-state index contributed by atoms with van der Waals surface area (Å²) in [7, 11) is 0. The van der Waals surface area contributed by atoms with Crippen LogP contribution in [0.4, 0.5) is 16.2 Å². The first-order valence-electron chi connectivity index (χ1n) is 14.8. The summed E-state index contributed by atoms with van der Waals surface area (Å²) >= 11 is 6.02. The summed E-state index contributed by atoms with van der Waals surface area (Å²) in [6.45, 7) is 2.41. The van der Waals surface area contributed by atoms with Gasteiger partial charge >= 0.3 is 18.0 Å². The standard InChI is InChI=1S/C33H40ClN3O9/c1-23(39)46-37(29-10-6-8-27(34)19-29)33(43)36-28-9-5-7-24(17-28)22-44-15-16-45-32(42)11-3-2-4-14-35-20-31(41)25-12-13-30(40)26(18-25)21-38/h5-10,12-13,17-19,31,35,38,40-41H,2-4,11,14-16,20-22H2,1H3,(H,36,43)/t31-/m1/s1. The topological polar surface area (TPSA) is 167 Å². The Hall–Kier alpha value is -4.20. The van der Waals surface area contributed by atoms with E-state index in [2.05, 4.69) is 10.6 Å². The van der Waals surface area contributed by atoms with E-state index in [4.69, 9.17) is 25.9 Å². The summed E-state index contributed by atoms with van der Waals surface area (Å²) in [5.41, 5.74) is 2.48. The lowest BCUT2D eigenvalue weighted by Gasteiger charge is -2.21. The second kappa shape index (κ2) is 19.3. The van der Waals surface area contributed by atoms with Gasteiger partial charge in [-0.3, -0.25) is 4.79 Å². The number of benzene rings is 3. The average molecular weight is 658 g/mol. The van der Waals surface area contributed by atoms with Crippen LogP contribution in [-0.4, -0.2) is 59.6 Å². The van der Waals surface area contributed by atoms with Crippen molar-refractivity contribution in [1.29, 1.82) is 0 Å². The molecule has 0 saturated carbocycles. The first kappa shape index (κ1) is 36.3. The van der Waals surface area contributed by atoms with Gasteiger partial charge in [0.2, 0.25) is 0 Å². The number of hydrogen-bond donors (Lipinski definition) is 5. The molecule has 0 aliphatic carbocycles. The van der Waals surface area contributed by atoms with E-state index in [1.165, 1.54) is 19.1 Å². The first-order chi connectivity index (χ1) is 22.2. The van der Waals surface area contributed by atoms with Crippen molar-refractivity contribution in [2.45, 2.75) is 51.9 Å². The third kappa shape index (κ3) is 12.7. The van der Waals surface area contributed by atoms with Gasteiger partial charge in [0.05, 0.1) is 31.6 Å². The Kier molecular flexibility index (Phi) is 15.3. The summed E-state index contributed by atoms with van der Waals surface area (Å²) in [6, 6.07) is 17.2. The quantitative estimate of drug-likeness (QED) is 0.0757. The molecule has 2 amide bonds. The van der Waals surface area contributed by atoms with Crippen molar-refractivity contribution < 1.29 is 44.0 Å². The molecule has 0 aliphatic heterocycles. The molecule has 0 radical (unpaired) electrons. The Morgan fingerprint density at radius 1 is 0.978 bits per heavy atom. The fraction of sp³-hybridized carbons (Fsp3) is 0.364. The molecule has 13 heteroatoms. The Morgan fingerprint density at radius 2 is 1.78 bits per heavy atom. The minimum absolute atomic E-state index is 0.00831. The van der Waals surface area contributed by atoms with Gasteiger partial charge in [0.1, 0.15) is 12.4 Å². The summed E-state index contributed by atoms with van der Waals surface area (Å²) in [6.07, 6.45) is 1.83. The zero-order chi connectivity index (χ0) is 33.3. The number of unbranched alkanes of at least 4 members (excludes halogenated alkanes) is 2. The number of amides is 2. The Bertz CT molecular complexity index is 1440. The number of nitrogens with one attached hydrogen (secondary N) is 2. The number of esters is 1. The van der Waals surface area contributed by atoms with Gasteiger partial charge in [0.25, 0.3) is 0 Å². The molecule has 0 heterocycles. The van der Waals surface area contributed by atoms with E-state index in [-0.39, 0.29) is 43.8 Å². The fourth-order valence-corrected chi connectivity index (χ4v) is 4.51. The highest BCUT2D eigenvalue weighted by Gasteiger charge is 2.20. The predicted molar refractivity (Wildman–Crippen MR) is 172 cm³/mol. The van der Waals surface area contributed by atoms with E-state index >= 15 is 0 Å². The van der Waals surface area contributed by atoms with E-state index in [9.17, 15) is 29.7 Å². The number of urea groups is 1. The van der Waals surface area contributed by atoms with Crippen LogP contribution in [0.15, 0.2) is 66.7 Å². The van der Waals surface area contributed by atoms with Gasteiger partial charge in [0.15, 0.2) is 0 Å². The van der Waals surface area contributed by atoms with Gasteiger partial charge in [-0.2, -0.15) is 0 Å². The molecule has 248 valence electrons. The number of nitrogens with zero attached hydrogens (tertiary/aromatic N) is 1. The smallest absolute Gasteiger partial charge is 0.359 e. The largest absolute Gasteiger partial charge is 0.508 e. The van der Waals surface area contributed by atoms with Crippen molar-refractivity contribution in [1.82, 2.24) is 5.32 Å². The number of ether oxygens (including phenoxy) is 2. The number of hydrogen-bond acceptors (Lipinski definition) is 10. The van der Waals surface area contributed by atoms with Crippen molar-refractivity contribution in [2.24, 2.45) is 0 Å². The lowest BCUT2D eigenvalue weighted by atomic mass is 10.1. The van der Waals surface area contributed by atoms with Crippen LogP contribution in [0, 0.1) is 0 Å². The molecule has 3 aromatic rings. The number of aliphatic hydroxyl groups is 2. The summed E-state index contributed by atoms with van der Waals surface area (Å²) < 4.78 is 10.9. The molecule has 0 saturated heterocycles. The predicted octanol–water partition coefficient (Wildman–Crippen LogP) is 5.00. The van der Waals surface area contributed by atoms with Crippen molar-refractivity contribution in [2.75, 3.05) is 36.7 Å². The second-order valence-corrected chi connectivity index (χ2v) is 10.8. The highest BCUT2D eigenvalue weighted by atomic mass is 35.5. The second-order valence-electron chi connectivity index (χ2n) is 10.3. The number of aromatic hydroxyl groups is 1. The molecular weight excluding hydrogens is 618 g/mol. The van der Waals surface area contributed by atoms with Crippen LogP contribution in [0.2, 0.25) is 5.02 Å². The molecule has 0 aromatic heterocycles. The van der Waals surface area contributed by atoms with Crippen LogP contribution in [0.3, 0.4) is 0 Å². The normalized spacial score (nSPS) is 11.5. The van der Waals surface area contributed by atoms with Gasteiger partial charge in [-0.15, -0.1) is 5.06 Å². The minimum atomic E-state index is -0.766. The van der Waals surface area contributed by atoms with Crippen LogP contribution < -0.4 is 15.7 Å². The van der Waals surface area contributed by atoms with E-state index in [0.717, 1.165) is 23.5 Å². The summed E-state index contributed by atoms with van der Waals surface area (Å²) in [4.78, 5) is 41.5. The number of aliphatic hydroxyl groups excluding tert-OH is 2. The number of phenols is 1. The van der Waals surface area contributed by atoms with Crippen molar-refractivity contribution in [3.8, 4) is 5.75 Å². The first-order valence-corrected chi connectivity index (χ1v) is 15.2. The molecule has 0 spiro atoms. The van der Waals surface area contributed by atoms with Gasteiger partial charge < -0.3 is 40.3 Å². The molecule has 12 nitrogen and oxygen atoms in total. The fourth-order valence-electron chi connectivity index (χ4n) is 4.32. The number of carbonyl (C=O) groups is 3. The average Bonchev–Trinajstić information content (AvgIpc) is 3.03. The van der Waals surface area contributed by atoms with Crippen LogP contribution in [0.1, 0.15) is 55.4 Å². The number of carbonyl (C=O) groups excluding carboxylic acids is 3. The molecule has 0 bridgehead atoms. The Labute approximate surface area is 272 Å². The Balaban J connectivity index is 1.27. The van der Waals surface area contributed by atoms with Crippen molar-refractivity contribution in [3.05, 3.63) is 88.4 Å². The van der Waals surface area contributed by atoms with Gasteiger partial charge in [-0.25, -0.2) is 9.59 Å². The van der Waals surface area contributed by atoms with Crippen molar-refractivity contribution in [3.63, 3.8) is 0 Å². The number of rotatable bonds is 17. The number of anilines is 2. The molecular formula is C33H40ClN3O9. The summed E-state index contributed by atoms with van der Waals surface area (Å²) in [5.74, 6) is -0.989. The highest BCUT2D eigenvalue weighted by molar-refractivity contribution is 6.31. The number of hydroxylamine groups is 1. The lowest BCUT2D eigenvalue weighted by molar-refractivity contribution is -0.145. The Morgan fingerprint density at radius 3 is 2.54 bits per heavy atom. The van der Waals surface area contributed by atoms with Crippen molar-refractivity contribution >= 4 is 40.9 Å². The maximum absolute atomic E-state index is 12.9. The van der Waals surface area contributed by atoms with Crippen LogP contribution in [0.25, 0.3) is 0 Å². The van der Waals surface area contributed by atoms with Gasteiger partial charge in [-0.05, 0) is 73.0 Å². The van der Waals surface area contributed by atoms with E-state index in [1.54, 1.807) is 48.5 Å². The van der Waals surface area contributed by atoms with E-state index in [1.807, 2.05) is 6.07 Å². The van der Waals surface area contributed by atoms with E-state index in [0.29, 0.717) is 47.8 Å². The maximum Gasteiger partial charge on any atom is 0.359 e. The van der Waals surface area contributed by atoms with Crippen LogP contribution in [0.5, 0.6) is 5.75 Å². The van der Waals surface area contributed by atoms with Gasteiger partial charge in [-0.1, -0.05) is 42.3 Å². The van der Waals surface area contributed by atoms with Crippen LogP contribution in [-0.2, 0) is 37.1 Å². The highest BCUT2D eigenvalue weighted by Crippen LogP contribution is 2.23. The molecule has 3 aromatic carbocycles. The third-order valence-electron chi connectivity index (χ3n) is 6.62. The monoisotopic (exact) mass is 657 g/mol. The molecule has 46 heavy (non-hydrogen) atoms. The maximum atomic E-state index is 12.9. The zero-order valence-electron chi connectivity index (χ0n) is 25.6. The molecule has 0 fully saturated rings. The minimum Gasteiger partial charge on any atom is -0.508 e. The zero-order valence-corrected chi connectivity index (χ0v) is 26.4.